The number of thiophene rings is 2. The van der Waals surface area contributed by atoms with E-state index < -0.39 is 75.7 Å². The summed E-state index contributed by atoms with van der Waals surface area (Å²) in [7, 11) is -7.63. The summed E-state index contributed by atoms with van der Waals surface area (Å²) < 4.78 is 84.8. The van der Waals surface area contributed by atoms with Crippen molar-refractivity contribution in [3.63, 3.8) is 0 Å². The van der Waals surface area contributed by atoms with E-state index in [2.05, 4.69) is 51.7 Å². The Bertz CT molecular complexity index is 4130. The normalized spacial score (nSPS) is 11.9. The maximum absolute atomic E-state index is 13.4. The van der Waals surface area contributed by atoms with Crippen molar-refractivity contribution in [2.24, 2.45) is 20.5 Å². The van der Waals surface area contributed by atoms with Crippen molar-refractivity contribution >= 4 is 158 Å². The molecule has 7 N–H and O–H groups in total. The molecule has 3 aromatic heterocycles. The van der Waals surface area contributed by atoms with Crippen LogP contribution in [0.1, 0.15) is 62.4 Å². The molecule has 92 heavy (non-hydrogen) atoms. The minimum absolute atomic E-state index is 0.0116. The van der Waals surface area contributed by atoms with Crippen LogP contribution in [0.25, 0.3) is 12.2 Å². The Balaban J connectivity index is 1.37. The molecule has 478 valence electrons. The molecule has 0 spiro atoms. The third-order valence-corrected chi connectivity index (χ3v) is 18.1. The first-order chi connectivity index (χ1) is 43.9. The average molecular weight is 1350 g/mol. The molecule has 3 heterocycles. The van der Waals surface area contributed by atoms with Gasteiger partial charge in [-0.25, -0.2) is 0 Å². The molecule has 33 heteroatoms. The molecule has 0 aliphatic rings. The first-order valence-electron chi connectivity index (χ1n) is 27.5. The van der Waals surface area contributed by atoms with E-state index in [0.717, 1.165) is 37.8 Å². The van der Waals surface area contributed by atoms with Crippen molar-refractivity contribution < 1.29 is 59.7 Å². The minimum Gasteiger partial charge on any atom is -0.494 e. The number of benzene rings is 4. The number of thioether (sulfide) groups is 1. The molecule has 0 radical (unpaired) electrons. The number of rotatable bonds is 29. The molecular weight excluding hydrogens is 1290 g/mol. The van der Waals surface area contributed by atoms with Gasteiger partial charge in [-0.05, 0) is 90.1 Å². The Hall–Kier alpha value is -9.84. The number of ketones is 2. The smallest absolute Gasteiger partial charge is 0.297 e. The van der Waals surface area contributed by atoms with Crippen LogP contribution in [0.2, 0.25) is 0 Å². The Morgan fingerprint density at radius 3 is 1.32 bits per heavy atom. The highest BCUT2D eigenvalue weighted by Gasteiger charge is 2.31. The summed E-state index contributed by atoms with van der Waals surface area (Å²) in [5.74, 6) is -2.97. The first-order valence-corrected chi connectivity index (χ1v) is 33.0. The number of nitrogens with zero attached hydrogens (tertiary/aromatic N) is 11. The van der Waals surface area contributed by atoms with Crippen molar-refractivity contribution in [2.75, 3.05) is 83.8 Å². The number of para-hydroxylation sites is 2. The number of carbonyl (C=O) groups excluding carboxylic acids is 4. The largest absolute Gasteiger partial charge is 0.494 e. The number of nitrogens with one attached hydrogen (secondary N) is 4. The molecule has 0 unspecified atom stereocenters. The highest BCUT2D eigenvalue weighted by atomic mass is 32.2. The molecule has 7 aromatic rings. The summed E-state index contributed by atoms with van der Waals surface area (Å²) in [6.45, 7) is 11.5. The lowest BCUT2D eigenvalue weighted by atomic mass is 10.1. The van der Waals surface area contributed by atoms with Gasteiger partial charge in [-0.15, -0.1) is 43.1 Å². The summed E-state index contributed by atoms with van der Waals surface area (Å²) in [5, 5.41) is 59.1. The number of carbonyl (C=O) groups is 4. The lowest BCUT2D eigenvalue weighted by Crippen LogP contribution is -2.22. The molecule has 0 saturated carbocycles. The van der Waals surface area contributed by atoms with Crippen molar-refractivity contribution in [2.45, 2.75) is 56.5 Å². The second kappa shape index (κ2) is 31.3. The molecule has 0 bridgehead atoms. The summed E-state index contributed by atoms with van der Waals surface area (Å²) in [6, 6.07) is 26.0. The molecule has 28 nitrogen and oxygen atoms in total. The first kappa shape index (κ1) is 69.6. The lowest BCUT2D eigenvalue weighted by Gasteiger charge is -2.25. The molecule has 0 saturated heterocycles. The number of hydrogen-bond acceptors (Lipinski definition) is 27. The zero-order valence-corrected chi connectivity index (χ0v) is 54.4. The van der Waals surface area contributed by atoms with Gasteiger partial charge in [0.25, 0.3) is 32.1 Å². The molecule has 2 amide bonds. The summed E-state index contributed by atoms with van der Waals surface area (Å²) in [4.78, 5) is 68.0. The Kier molecular flexibility index (Phi) is 23.7. The maximum Gasteiger partial charge on any atom is 0.297 e. The Morgan fingerprint density at radius 2 is 1.00 bits per heavy atom. The van der Waals surface area contributed by atoms with E-state index >= 15 is 0 Å². The van der Waals surface area contributed by atoms with Crippen molar-refractivity contribution in [1.29, 1.82) is 10.5 Å². The van der Waals surface area contributed by atoms with Crippen LogP contribution >= 0.6 is 34.4 Å². The van der Waals surface area contributed by atoms with Crippen molar-refractivity contribution in [1.82, 2.24) is 15.0 Å². The summed E-state index contributed by atoms with van der Waals surface area (Å²) >= 11 is 2.12. The van der Waals surface area contributed by atoms with Crippen LogP contribution in [0.4, 0.5) is 67.4 Å². The standard InChI is InChI=1S/C59H59N15O13S5/c1-9-73(10-2)45-27-41(43(29-47(45)86-7)69-71-55-39(31-60)51(91(80,81)82)49(89-55)25-37(33(5)76)53(78)62-35-19-15-13-16-20-35)64-57-66-58(68-59(67-57)88-24-23-75)65-42-28-46(74(11-3)12-4)48(87-8)30-44(42)70-72-56-40(32-61)52(92(83,84)85)50(90-56)26-38(34(6)77)54(79)63-36-21-17-14-18-22-36/h13-22,25-30,75H,9-12,23-24H2,1-8H3,(H,62,78)(H,63,79)(H,80,81,82)(H,83,84,85)(H2,64,65,66,67,68)/b37-25-,38-26+,71-69?,72-70?. The molecule has 0 atom stereocenters. The highest BCUT2D eigenvalue weighted by Crippen LogP contribution is 2.46. The van der Waals surface area contributed by atoms with Gasteiger partial charge >= 0.3 is 0 Å². The second-order valence-electron chi connectivity index (χ2n) is 18.9. The van der Waals surface area contributed by atoms with E-state index in [-0.39, 0.29) is 71.9 Å². The maximum atomic E-state index is 13.4. The molecule has 4 aromatic carbocycles. The summed E-state index contributed by atoms with van der Waals surface area (Å²) in [5.41, 5.74) is -0.353. The van der Waals surface area contributed by atoms with Crippen LogP contribution in [0.5, 0.6) is 11.5 Å². The SMILES string of the molecule is CCN(CC)c1cc(Nc2nc(Nc3cc(N(CC)CC)c(OC)cc3N=Nc3sc(/C=C(\C(C)=O)C(=O)Nc4ccccc4)c(S(=O)(=O)O)c3C#N)nc(SCCO)n2)c(N=Nc2sc(/C=C(/C(C)=O)C(=O)Nc3ccccc3)c(S(=O)(=O)O)c2C#N)cc1OC. The van der Waals surface area contributed by atoms with Crippen LogP contribution in [0.15, 0.2) is 131 Å². The van der Waals surface area contributed by atoms with E-state index in [1.54, 1.807) is 84.9 Å². The molecule has 0 aliphatic heterocycles. The van der Waals surface area contributed by atoms with Gasteiger partial charge in [-0.1, -0.05) is 48.2 Å². The fourth-order valence-corrected chi connectivity index (χ4v) is 13.6. The molecule has 7 rings (SSSR count). The molecular formula is C59H59N15O13S5. The van der Waals surface area contributed by atoms with Crippen LogP contribution in [0.3, 0.4) is 0 Å². The molecule has 0 fully saturated rings. The number of azo groups is 2. The van der Waals surface area contributed by atoms with Crippen molar-refractivity contribution in [3.8, 4) is 23.6 Å². The number of aromatic nitrogens is 3. The van der Waals surface area contributed by atoms with Gasteiger partial charge in [0.2, 0.25) is 11.9 Å². The zero-order chi connectivity index (χ0) is 67.0. The fourth-order valence-electron chi connectivity index (χ4n) is 8.78. The van der Waals surface area contributed by atoms with Gasteiger partial charge in [0.1, 0.15) is 55.9 Å². The Labute approximate surface area is 541 Å². The zero-order valence-electron chi connectivity index (χ0n) is 50.4. The van der Waals surface area contributed by atoms with Gasteiger partial charge < -0.3 is 45.6 Å². The number of Topliss-reactive ketones (excluding diaryl/α,β-unsaturated/α-hetero) is 2. The van der Waals surface area contributed by atoms with E-state index in [9.17, 15) is 60.7 Å². The predicted octanol–water partition coefficient (Wildman–Crippen LogP) is 11.6. The fraction of sp³-hybridized carbons (Fsp3) is 0.237. The number of amides is 2. The van der Waals surface area contributed by atoms with Crippen molar-refractivity contribution in [3.05, 3.63) is 117 Å². The van der Waals surface area contributed by atoms with Crippen LogP contribution in [-0.2, 0) is 39.4 Å². The van der Waals surface area contributed by atoms with Gasteiger partial charge in [0.15, 0.2) is 26.7 Å². The average Bonchev–Trinajstić information content (AvgIpc) is 1.59. The second-order valence-corrected chi connectivity index (χ2v) is 24.7. The Morgan fingerprint density at radius 1 is 0.620 bits per heavy atom. The minimum atomic E-state index is -5.24. The quantitative estimate of drug-likeness (QED) is 0.00572. The van der Waals surface area contributed by atoms with Crippen LogP contribution < -0.4 is 40.5 Å². The number of aliphatic hydroxyl groups excluding tert-OH is 1. The topological polar surface area (TPSA) is 406 Å². The number of hydrogen-bond donors (Lipinski definition) is 7. The van der Waals surface area contributed by atoms with Gasteiger partial charge in [-0.3, -0.25) is 28.3 Å². The monoisotopic (exact) mass is 1350 g/mol. The van der Waals surface area contributed by atoms with E-state index in [0.29, 0.717) is 83.1 Å². The number of anilines is 8. The van der Waals surface area contributed by atoms with E-state index in [4.69, 9.17) is 14.5 Å². The van der Waals surface area contributed by atoms with Crippen LogP contribution in [-0.4, -0.2) is 122 Å². The number of aliphatic hydroxyl groups is 1. The lowest BCUT2D eigenvalue weighted by molar-refractivity contribution is -0.120. The van der Waals surface area contributed by atoms with E-state index in [1.165, 1.54) is 26.4 Å². The summed E-state index contributed by atoms with van der Waals surface area (Å²) in [6.07, 6.45) is 1.86. The highest BCUT2D eigenvalue weighted by molar-refractivity contribution is 7.99. The van der Waals surface area contributed by atoms with E-state index in [1.807, 2.05) is 37.5 Å². The number of nitriles is 2. The van der Waals surface area contributed by atoms with Gasteiger partial charge in [-0.2, -0.15) is 42.3 Å². The van der Waals surface area contributed by atoms with Gasteiger partial charge in [0.05, 0.1) is 64.5 Å². The predicted molar refractivity (Wildman–Crippen MR) is 351 cm³/mol. The third kappa shape index (κ3) is 16.9. The number of ether oxygens (including phenoxy) is 2. The van der Waals surface area contributed by atoms with Gasteiger partial charge in [0, 0.05) is 55.4 Å². The number of methoxy groups -OCH3 is 2. The van der Waals surface area contributed by atoms with Crippen LogP contribution in [0, 0.1) is 22.7 Å². The molecule has 0 aliphatic carbocycles. The third-order valence-electron chi connectivity index (χ3n) is 13.1.